The molecule has 8 heteroatoms. The van der Waals surface area contributed by atoms with Gasteiger partial charge in [-0.1, -0.05) is 0 Å². The van der Waals surface area contributed by atoms with Crippen LogP contribution < -0.4 is 10.6 Å². The summed E-state index contributed by atoms with van der Waals surface area (Å²) in [4.78, 5) is 13.3. The van der Waals surface area contributed by atoms with Crippen molar-refractivity contribution in [1.82, 2.24) is 15.1 Å². The highest BCUT2D eigenvalue weighted by atomic mass is 16.5. The third-order valence-electron chi connectivity index (χ3n) is 2.92. The van der Waals surface area contributed by atoms with E-state index in [2.05, 4.69) is 30.5 Å². The topological polar surface area (TPSA) is 88.6 Å². The molecule has 0 aliphatic carbocycles. The molecule has 2 heterocycles. The first-order valence-corrected chi connectivity index (χ1v) is 6.50. The van der Waals surface area contributed by atoms with Crippen LogP contribution in [0.25, 0.3) is 0 Å². The molecule has 20 heavy (non-hydrogen) atoms. The zero-order chi connectivity index (χ0) is 14.2. The normalized spacial score (nSPS) is 15.7. The maximum absolute atomic E-state index is 11.0. The van der Waals surface area contributed by atoms with Crippen LogP contribution in [-0.4, -0.2) is 67.7 Å². The highest BCUT2D eigenvalue weighted by molar-refractivity contribution is 5.83. The van der Waals surface area contributed by atoms with Gasteiger partial charge in [-0.2, -0.15) is 0 Å². The number of carbonyl (C=O) groups is 1. The number of ether oxygens (including phenoxy) is 2. The molecule has 2 rings (SSSR count). The van der Waals surface area contributed by atoms with Gasteiger partial charge in [0.15, 0.2) is 5.82 Å². The van der Waals surface area contributed by atoms with Crippen molar-refractivity contribution in [3.8, 4) is 0 Å². The van der Waals surface area contributed by atoms with E-state index in [0.717, 1.165) is 39.4 Å². The number of carbonyl (C=O) groups excluding carboxylic acids is 1. The fourth-order valence-corrected chi connectivity index (χ4v) is 1.82. The minimum atomic E-state index is -0.563. The van der Waals surface area contributed by atoms with E-state index in [1.165, 1.54) is 7.11 Å². The molecule has 110 valence electrons. The molecule has 0 bridgehead atoms. The van der Waals surface area contributed by atoms with Crippen molar-refractivity contribution in [2.24, 2.45) is 0 Å². The van der Waals surface area contributed by atoms with E-state index in [-0.39, 0.29) is 0 Å². The summed E-state index contributed by atoms with van der Waals surface area (Å²) in [5, 5.41) is 13.5. The molecule has 1 saturated heterocycles. The summed E-state index contributed by atoms with van der Waals surface area (Å²) >= 11 is 0. The van der Waals surface area contributed by atoms with Crippen molar-refractivity contribution < 1.29 is 14.3 Å². The van der Waals surface area contributed by atoms with Crippen LogP contribution in [0.1, 0.15) is 0 Å². The zero-order valence-corrected chi connectivity index (χ0v) is 11.5. The van der Waals surface area contributed by atoms with Gasteiger partial charge in [-0.3, -0.25) is 10.2 Å². The van der Waals surface area contributed by atoms with Gasteiger partial charge in [0.1, 0.15) is 5.82 Å². The monoisotopic (exact) mass is 281 g/mol. The maximum Gasteiger partial charge on any atom is 0.412 e. The molecule has 1 aromatic rings. The Balaban J connectivity index is 1.71. The Kier molecular flexibility index (Phi) is 5.51. The smallest absolute Gasteiger partial charge is 0.412 e. The second kappa shape index (κ2) is 7.61. The Morgan fingerprint density at radius 1 is 1.35 bits per heavy atom. The summed E-state index contributed by atoms with van der Waals surface area (Å²) in [6.45, 7) is 5.26. The molecule has 0 atom stereocenters. The number of hydrogen-bond acceptors (Lipinski definition) is 7. The van der Waals surface area contributed by atoms with Crippen LogP contribution in [0.3, 0.4) is 0 Å². The van der Waals surface area contributed by atoms with Gasteiger partial charge in [0, 0.05) is 26.2 Å². The molecule has 8 nitrogen and oxygen atoms in total. The van der Waals surface area contributed by atoms with Crippen LogP contribution >= 0.6 is 0 Å². The molecular weight excluding hydrogens is 262 g/mol. The van der Waals surface area contributed by atoms with E-state index < -0.39 is 6.09 Å². The van der Waals surface area contributed by atoms with Gasteiger partial charge in [-0.15, -0.1) is 10.2 Å². The lowest BCUT2D eigenvalue weighted by Gasteiger charge is -2.26. The minimum Gasteiger partial charge on any atom is -0.453 e. The first-order chi connectivity index (χ1) is 9.78. The average molecular weight is 281 g/mol. The highest BCUT2D eigenvalue weighted by Gasteiger charge is 2.09. The molecule has 1 aliphatic heterocycles. The van der Waals surface area contributed by atoms with Crippen LogP contribution in [0.4, 0.5) is 16.4 Å². The Bertz CT molecular complexity index is 420. The van der Waals surface area contributed by atoms with Gasteiger partial charge < -0.3 is 14.8 Å². The number of methoxy groups -OCH3 is 1. The quantitative estimate of drug-likeness (QED) is 0.807. The van der Waals surface area contributed by atoms with Crippen LogP contribution in [0, 0.1) is 0 Å². The number of hydrogen-bond donors (Lipinski definition) is 2. The largest absolute Gasteiger partial charge is 0.453 e. The number of morpholine rings is 1. The molecule has 0 spiro atoms. The predicted molar refractivity (Wildman–Crippen MR) is 73.8 cm³/mol. The molecule has 1 aliphatic rings. The fraction of sp³-hybridized carbons (Fsp3) is 0.583. The lowest BCUT2D eigenvalue weighted by atomic mass is 10.4. The maximum atomic E-state index is 11.0. The van der Waals surface area contributed by atoms with Gasteiger partial charge in [0.25, 0.3) is 0 Å². The number of nitrogens with one attached hydrogen (secondary N) is 2. The Morgan fingerprint density at radius 2 is 2.05 bits per heavy atom. The number of amides is 1. The summed E-state index contributed by atoms with van der Waals surface area (Å²) in [5.74, 6) is 1.03. The molecule has 0 saturated carbocycles. The van der Waals surface area contributed by atoms with Gasteiger partial charge in [0.05, 0.1) is 20.3 Å². The Hall–Kier alpha value is -1.93. The van der Waals surface area contributed by atoms with Crippen LogP contribution in [0.2, 0.25) is 0 Å². The van der Waals surface area contributed by atoms with Gasteiger partial charge in [0.2, 0.25) is 0 Å². The predicted octanol–water partition coefficient (Wildman–Crippen LogP) is 0.399. The van der Waals surface area contributed by atoms with E-state index in [0.29, 0.717) is 11.6 Å². The Labute approximate surface area is 117 Å². The molecule has 2 N–H and O–H groups in total. The molecule has 1 amide bonds. The van der Waals surface area contributed by atoms with Crippen molar-refractivity contribution in [2.45, 2.75) is 0 Å². The van der Waals surface area contributed by atoms with Crippen LogP contribution in [0.5, 0.6) is 0 Å². The fourth-order valence-electron chi connectivity index (χ4n) is 1.82. The summed E-state index contributed by atoms with van der Waals surface area (Å²) in [6.07, 6.45) is -0.563. The minimum absolute atomic E-state index is 0.357. The molecule has 1 fully saturated rings. The standard InChI is InChI=1S/C12H19N5O3/c1-19-12(18)14-11-3-2-10(15-16-11)13-4-5-17-6-8-20-9-7-17/h2-3H,4-9H2,1H3,(H,13,15)(H,14,16,18). The van der Waals surface area contributed by atoms with Gasteiger partial charge in [-0.05, 0) is 12.1 Å². The molecule has 1 aromatic heterocycles. The zero-order valence-electron chi connectivity index (χ0n) is 11.5. The third-order valence-corrected chi connectivity index (χ3v) is 2.92. The van der Waals surface area contributed by atoms with Crippen LogP contribution in [0.15, 0.2) is 12.1 Å². The van der Waals surface area contributed by atoms with Gasteiger partial charge >= 0.3 is 6.09 Å². The average Bonchev–Trinajstić information content (AvgIpc) is 2.50. The SMILES string of the molecule is COC(=O)Nc1ccc(NCCN2CCOCC2)nn1. The summed E-state index contributed by atoms with van der Waals surface area (Å²) in [7, 11) is 1.30. The number of anilines is 2. The summed E-state index contributed by atoms with van der Waals surface area (Å²) < 4.78 is 9.76. The van der Waals surface area contributed by atoms with Crippen molar-refractivity contribution in [3.63, 3.8) is 0 Å². The number of aromatic nitrogens is 2. The number of nitrogens with zero attached hydrogens (tertiary/aromatic N) is 3. The number of rotatable bonds is 5. The first-order valence-electron chi connectivity index (χ1n) is 6.50. The van der Waals surface area contributed by atoms with Crippen molar-refractivity contribution >= 4 is 17.7 Å². The molecule has 0 unspecified atom stereocenters. The van der Waals surface area contributed by atoms with Crippen molar-refractivity contribution in [1.29, 1.82) is 0 Å². The Morgan fingerprint density at radius 3 is 2.70 bits per heavy atom. The molecule has 0 radical (unpaired) electrons. The lowest BCUT2D eigenvalue weighted by Crippen LogP contribution is -2.39. The third kappa shape index (κ3) is 4.63. The summed E-state index contributed by atoms with van der Waals surface area (Å²) in [6, 6.07) is 3.43. The van der Waals surface area contributed by atoms with E-state index in [9.17, 15) is 4.79 Å². The van der Waals surface area contributed by atoms with Crippen LogP contribution in [-0.2, 0) is 9.47 Å². The molecular formula is C12H19N5O3. The van der Waals surface area contributed by atoms with E-state index >= 15 is 0 Å². The van der Waals surface area contributed by atoms with E-state index in [4.69, 9.17) is 4.74 Å². The first kappa shape index (κ1) is 14.5. The highest BCUT2D eigenvalue weighted by Crippen LogP contribution is 2.06. The van der Waals surface area contributed by atoms with Gasteiger partial charge in [-0.25, -0.2) is 4.79 Å². The lowest BCUT2D eigenvalue weighted by molar-refractivity contribution is 0.0398. The molecule has 0 aromatic carbocycles. The second-order valence-corrected chi connectivity index (χ2v) is 4.30. The summed E-state index contributed by atoms with van der Waals surface area (Å²) in [5.41, 5.74) is 0. The van der Waals surface area contributed by atoms with E-state index in [1.807, 2.05) is 0 Å². The van der Waals surface area contributed by atoms with Crippen molar-refractivity contribution in [3.05, 3.63) is 12.1 Å². The second-order valence-electron chi connectivity index (χ2n) is 4.30. The van der Waals surface area contributed by atoms with Crippen molar-refractivity contribution in [2.75, 3.05) is 57.1 Å². The van der Waals surface area contributed by atoms with E-state index in [1.54, 1.807) is 12.1 Å².